The number of hydrogen-bond donors (Lipinski definition) is 1. The lowest BCUT2D eigenvalue weighted by molar-refractivity contribution is 0.146. The Morgan fingerprint density at radius 1 is 1.35 bits per heavy atom. The van der Waals surface area contributed by atoms with Crippen molar-refractivity contribution >= 4 is 38.9 Å². The number of nitrogens with zero attached hydrogens (tertiary/aromatic N) is 3. The first-order chi connectivity index (χ1) is 12.4. The fourth-order valence-corrected chi connectivity index (χ4v) is 2.99. The predicted octanol–water partition coefficient (Wildman–Crippen LogP) is 4.34. The molecule has 0 aliphatic rings. The third-order valence-corrected chi connectivity index (χ3v) is 4.48. The number of anilines is 1. The maximum absolute atomic E-state index is 14.2. The monoisotopic (exact) mass is 424 g/mol. The molecular formula is C17H12BrF3N4O. The molecule has 0 amide bonds. The highest BCUT2D eigenvalue weighted by atomic mass is 79.9. The number of halogens is 4. The fraction of sp³-hybridized carbons (Fsp3) is 0.118. The van der Waals surface area contributed by atoms with Crippen LogP contribution in [0.5, 0.6) is 0 Å². The lowest BCUT2D eigenvalue weighted by atomic mass is 10.1. The highest BCUT2D eigenvalue weighted by Crippen LogP contribution is 2.26. The molecule has 0 saturated carbocycles. The van der Waals surface area contributed by atoms with Crippen molar-refractivity contribution in [1.29, 1.82) is 0 Å². The lowest BCUT2D eigenvalue weighted by Gasteiger charge is -2.12. The number of fused-ring (bicyclic) bond motifs is 1. The third-order valence-electron chi connectivity index (χ3n) is 3.77. The van der Waals surface area contributed by atoms with Gasteiger partial charge in [-0.1, -0.05) is 24.8 Å². The summed E-state index contributed by atoms with van der Waals surface area (Å²) in [4.78, 5) is 20.3. The summed E-state index contributed by atoms with van der Waals surface area (Å²) in [5.41, 5.74) is -0.550. The average Bonchev–Trinajstić information content (AvgIpc) is 2.63. The summed E-state index contributed by atoms with van der Waals surface area (Å²) in [6.07, 6.45) is 1.17. The van der Waals surface area contributed by atoms with Crippen molar-refractivity contribution in [3.8, 4) is 0 Å². The second-order valence-corrected chi connectivity index (χ2v) is 6.09. The predicted molar refractivity (Wildman–Crippen MR) is 96.6 cm³/mol. The summed E-state index contributed by atoms with van der Waals surface area (Å²) in [5.74, 6) is -0.634. The Hall–Kier alpha value is -2.68. The first-order valence-electron chi connectivity index (χ1n) is 7.41. The minimum absolute atomic E-state index is 0.0661. The molecule has 1 aromatic carbocycles. The van der Waals surface area contributed by atoms with E-state index in [1.807, 2.05) is 0 Å². The van der Waals surface area contributed by atoms with Crippen LogP contribution in [0.2, 0.25) is 0 Å². The molecule has 0 spiro atoms. The van der Waals surface area contributed by atoms with Gasteiger partial charge in [-0.2, -0.15) is 0 Å². The fourth-order valence-electron chi connectivity index (χ4n) is 2.47. The van der Waals surface area contributed by atoms with Gasteiger partial charge in [0.15, 0.2) is 0 Å². The molecule has 0 aliphatic carbocycles. The Morgan fingerprint density at radius 2 is 2.12 bits per heavy atom. The molecular weight excluding hydrogens is 413 g/mol. The molecule has 9 heteroatoms. The molecule has 3 aromatic rings. The zero-order chi connectivity index (χ0) is 18.8. The van der Waals surface area contributed by atoms with Gasteiger partial charge in [-0.3, -0.25) is 9.36 Å². The van der Waals surface area contributed by atoms with Gasteiger partial charge in [-0.15, -0.1) is 0 Å². The molecule has 5 nitrogen and oxygen atoms in total. The van der Waals surface area contributed by atoms with Crippen LogP contribution >= 0.6 is 15.9 Å². The summed E-state index contributed by atoms with van der Waals surface area (Å²) >= 11 is 3.20. The van der Waals surface area contributed by atoms with E-state index in [2.05, 4.69) is 37.8 Å². The molecule has 1 N–H and O–H groups in total. The summed E-state index contributed by atoms with van der Waals surface area (Å²) in [7, 11) is 0. The van der Waals surface area contributed by atoms with E-state index >= 15 is 0 Å². The molecule has 2 aromatic heterocycles. The van der Waals surface area contributed by atoms with Crippen molar-refractivity contribution in [1.82, 2.24) is 14.5 Å². The zero-order valence-corrected chi connectivity index (χ0v) is 14.8. The van der Waals surface area contributed by atoms with Crippen LogP contribution in [0.15, 0.2) is 46.6 Å². The third kappa shape index (κ3) is 3.22. The Kier molecular flexibility index (Phi) is 5.08. The molecule has 0 aliphatic heterocycles. The maximum atomic E-state index is 14.2. The lowest BCUT2D eigenvalue weighted by Crippen LogP contribution is -2.17. The van der Waals surface area contributed by atoms with Gasteiger partial charge in [0.1, 0.15) is 22.4 Å². The van der Waals surface area contributed by atoms with Gasteiger partial charge in [0.05, 0.1) is 16.5 Å². The number of alkyl halides is 2. The van der Waals surface area contributed by atoms with Gasteiger partial charge in [-0.25, -0.2) is 23.1 Å². The number of aromatic nitrogens is 3. The molecule has 0 bridgehead atoms. The van der Waals surface area contributed by atoms with Crippen LogP contribution in [0.1, 0.15) is 17.6 Å². The maximum Gasteiger partial charge on any atom is 0.271 e. The van der Waals surface area contributed by atoms with Crippen molar-refractivity contribution in [3.63, 3.8) is 0 Å². The van der Waals surface area contributed by atoms with Gasteiger partial charge in [0.2, 0.25) is 0 Å². The molecule has 3 rings (SSSR count). The Morgan fingerprint density at radius 3 is 2.81 bits per heavy atom. The van der Waals surface area contributed by atoms with Crippen molar-refractivity contribution in [3.05, 3.63) is 69.1 Å². The van der Waals surface area contributed by atoms with Crippen LogP contribution in [0.25, 0.3) is 17.1 Å². The molecule has 2 heterocycles. The minimum atomic E-state index is -2.90. The molecule has 0 unspecified atom stereocenters. The molecule has 0 fully saturated rings. The summed E-state index contributed by atoms with van der Waals surface area (Å²) in [5, 5.41) is 3.39. The van der Waals surface area contributed by atoms with E-state index in [1.54, 1.807) is 0 Å². The first-order valence-corrected chi connectivity index (χ1v) is 8.20. The molecule has 134 valence electrons. The van der Waals surface area contributed by atoms with E-state index in [0.29, 0.717) is 16.7 Å². The normalized spacial score (nSPS) is 11.1. The molecule has 0 radical (unpaired) electrons. The van der Waals surface area contributed by atoms with Gasteiger partial charge < -0.3 is 5.32 Å². The summed E-state index contributed by atoms with van der Waals surface area (Å²) in [6, 6.07) is 3.82. The SMILES string of the molecule is C=Cn1cc2c(NCc3cccc(C(F)F)c3F)ncnc2c(Br)c1=O. The van der Waals surface area contributed by atoms with E-state index in [4.69, 9.17) is 0 Å². The number of rotatable bonds is 5. The highest BCUT2D eigenvalue weighted by molar-refractivity contribution is 9.10. The summed E-state index contributed by atoms with van der Waals surface area (Å²) in [6.45, 7) is 3.49. The van der Waals surface area contributed by atoms with Gasteiger partial charge in [0.25, 0.3) is 12.0 Å². The number of hydrogen-bond acceptors (Lipinski definition) is 4. The minimum Gasteiger partial charge on any atom is -0.365 e. The second kappa shape index (κ2) is 7.28. The van der Waals surface area contributed by atoms with Crippen molar-refractivity contribution in [2.45, 2.75) is 13.0 Å². The first kappa shape index (κ1) is 18.1. The largest absolute Gasteiger partial charge is 0.365 e. The van der Waals surface area contributed by atoms with Crippen LogP contribution < -0.4 is 10.9 Å². The van der Waals surface area contributed by atoms with Crippen LogP contribution in [0.3, 0.4) is 0 Å². The zero-order valence-electron chi connectivity index (χ0n) is 13.2. The van der Waals surface area contributed by atoms with Gasteiger partial charge in [-0.05, 0) is 15.9 Å². The Bertz CT molecular complexity index is 1050. The summed E-state index contributed by atoms with van der Waals surface area (Å²) < 4.78 is 41.3. The Balaban J connectivity index is 2.00. The molecule has 26 heavy (non-hydrogen) atoms. The van der Waals surface area contributed by atoms with Gasteiger partial charge in [0, 0.05) is 24.5 Å². The van der Waals surface area contributed by atoms with E-state index in [0.717, 1.165) is 6.07 Å². The quantitative estimate of drug-likeness (QED) is 0.661. The number of nitrogens with one attached hydrogen (secondary N) is 1. The number of benzene rings is 1. The van der Waals surface area contributed by atoms with E-state index < -0.39 is 17.8 Å². The average molecular weight is 425 g/mol. The van der Waals surface area contributed by atoms with Crippen LogP contribution in [-0.4, -0.2) is 14.5 Å². The second-order valence-electron chi connectivity index (χ2n) is 5.30. The van der Waals surface area contributed by atoms with Crippen molar-refractivity contribution in [2.75, 3.05) is 5.32 Å². The molecule has 0 saturated heterocycles. The van der Waals surface area contributed by atoms with Crippen molar-refractivity contribution in [2.24, 2.45) is 0 Å². The van der Waals surface area contributed by atoms with E-state index in [9.17, 15) is 18.0 Å². The smallest absolute Gasteiger partial charge is 0.271 e. The van der Waals surface area contributed by atoms with E-state index in [1.165, 1.54) is 35.4 Å². The van der Waals surface area contributed by atoms with Crippen LogP contribution in [0.4, 0.5) is 19.0 Å². The highest BCUT2D eigenvalue weighted by Gasteiger charge is 2.17. The molecule has 0 atom stereocenters. The van der Waals surface area contributed by atoms with Crippen molar-refractivity contribution < 1.29 is 13.2 Å². The topological polar surface area (TPSA) is 59.8 Å². The van der Waals surface area contributed by atoms with Crippen LogP contribution in [0, 0.1) is 5.82 Å². The Labute approximate surface area is 154 Å². The van der Waals surface area contributed by atoms with Crippen LogP contribution in [-0.2, 0) is 6.54 Å². The number of pyridine rings is 1. The van der Waals surface area contributed by atoms with Gasteiger partial charge >= 0.3 is 0 Å². The van der Waals surface area contributed by atoms with E-state index in [-0.39, 0.29) is 22.1 Å². The standard InChI is InChI=1S/C17H12BrF3N4O/c1-2-25-7-11-14(12(18)17(25)26)23-8-24-16(11)22-6-9-4-3-5-10(13(9)19)15(20)21/h2-5,7-8,15H,1,6H2,(H,22,23,24).